The van der Waals surface area contributed by atoms with Crippen molar-refractivity contribution in [2.45, 2.75) is 50.8 Å². The van der Waals surface area contributed by atoms with Crippen molar-refractivity contribution in [3.8, 4) is 11.5 Å². The van der Waals surface area contributed by atoms with Gasteiger partial charge in [0.25, 0.3) is 6.23 Å². The van der Waals surface area contributed by atoms with E-state index in [0.29, 0.717) is 5.90 Å². The largest absolute Gasteiger partial charge is 0.497 e. The molecule has 2 saturated heterocycles. The first-order valence-corrected chi connectivity index (χ1v) is 12.2. The molecule has 0 aliphatic carbocycles. The topological polar surface area (TPSA) is 87.1 Å². The second-order valence-corrected chi connectivity index (χ2v) is 9.13. The molecular formula is C26H32N4O5. The molecule has 0 spiro atoms. The zero-order valence-corrected chi connectivity index (χ0v) is 20.0. The van der Waals surface area contributed by atoms with E-state index in [-0.39, 0.29) is 12.3 Å². The zero-order valence-electron chi connectivity index (χ0n) is 20.0. The highest BCUT2D eigenvalue weighted by Crippen LogP contribution is 2.29. The van der Waals surface area contributed by atoms with E-state index in [1.807, 2.05) is 41.4 Å². The summed E-state index contributed by atoms with van der Waals surface area (Å²) < 4.78 is 17.2. The Morgan fingerprint density at radius 2 is 1.80 bits per heavy atom. The molecule has 0 radical (unpaired) electrons. The number of carbonyl (C=O) groups excluding carboxylic acids is 1. The van der Waals surface area contributed by atoms with Crippen molar-refractivity contribution in [1.29, 1.82) is 0 Å². The van der Waals surface area contributed by atoms with Gasteiger partial charge >= 0.3 is 0 Å². The standard InChI is InChI=1S/C26H32N4O5/c1-33-22-10-6-20(7-11-22)26-27-30(25(18-31)35-26)29-16-13-24(29)34-23-8-4-19(5-9-23)17-28-14-2-3-21(32)12-15-28/h4-11,18,21,24-25,32H,2-3,12-17H2,1H3. The number of hydrogen-bond acceptors (Lipinski definition) is 9. The van der Waals surface area contributed by atoms with Crippen LogP contribution in [0.15, 0.2) is 53.6 Å². The highest BCUT2D eigenvalue weighted by Gasteiger charge is 2.42. The average Bonchev–Trinajstić information content (AvgIpc) is 3.18. The number of methoxy groups -OCH3 is 1. The predicted octanol–water partition coefficient (Wildman–Crippen LogP) is 2.59. The van der Waals surface area contributed by atoms with Crippen LogP contribution in [0.4, 0.5) is 0 Å². The Labute approximate surface area is 205 Å². The number of aliphatic hydroxyl groups is 1. The molecule has 0 bridgehead atoms. The molecule has 35 heavy (non-hydrogen) atoms. The molecule has 3 aliphatic rings. The molecule has 2 aromatic rings. The van der Waals surface area contributed by atoms with Gasteiger partial charge in [-0.05, 0) is 67.8 Å². The molecule has 3 unspecified atom stereocenters. The van der Waals surface area contributed by atoms with Gasteiger partial charge in [-0.2, -0.15) is 10.1 Å². The number of hydrazine groups is 1. The zero-order chi connectivity index (χ0) is 24.2. The Morgan fingerprint density at radius 1 is 1.03 bits per heavy atom. The van der Waals surface area contributed by atoms with Crippen molar-refractivity contribution in [2.24, 2.45) is 5.10 Å². The van der Waals surface area contributed by atoms with Crippen molar-refractivity contribution in [3.63, 3.8) is 0 Å². The second kappa shape index (κ2) is 10.6. The fraction of sp³-hybridized carbons (Fsp3) is 0.462. The Balaban J connectivity index is 1.20. The lowest BCUT2D eigenvalue weighted by molar-refractivity contribution is -0.218. The number of rotatable bonds is 8. The van der Waals surface area contributed by atoms with Crippen molar-refractivity contribution >= 4 is 12.2 Å². The average molecular weight is 481 g/mol. The number of ether oxygens (including phenoxy) is 3. The molecule has 0 amide bonds. The van der Waals surface area contributed by atoms with Crippen LogP contribution in [-0.2, 0) is 16.1 Å². The third-order valence-corrected chi connectivity index (χ3v) is 6.70. The Bertz CT molecular complexity index is 1030. The summed E-state index contributed by atoms with van der Waals surface area (Å²) in [6.45, 7) is 3.53. The van der Waals surface area contributed by atoms with E-state index in [1.54, 1.807) is 12.2 Å². The summed E-state index contributed by atoms with van der Waals surface area (Å²) in [6.07, 6.45) is 3.11. The monoisotopic (exact) mass is 480 g/mol. The van der Waals surface area contributed by atoms with E-state index in [1.165, 1.54) is 5.56 Å². The van der Waals surface area contributed by atoms with E-state index in [9.17, 15) is 9.90 Å². The Morgan fingerprint density at radius 3 is 2.49 bits per heavy atom. The normalized spacial score (nSPS) is 25.3. The number of nitrogens with zero attached hydrogens (tertiary/aromatic N) is 4. The molecule has 0 saturated carbocycles. The summed E-state index contributed by atoms with van der Waals surface area (Å²) in [6, 6.07) is 15.5. The van der Waals surface area contributed by atoms with Gasteiger partial charge in [0.15, 0.2) is 12.5 Å². The lowest BCUT2D eigenvalue weighted by Crippen LogP contribution is -2.60. The van der Waals surface area contributed by atoms with Crippen molar-refractivity contribution in [1.82, 2.24) is 15.0 Å². The molecular weight excluding hydrogens is 448 g/mol. The number of likely N-dealkylation sites (tertiary alicyclic amines) is 1. The number of hydrazone groups is 1. The predicted molar refractivity (Wildman–Crippen MR) is 130 cm³/mol. The van der Waals surface area contributed by atoms with Gasteiger partial charge in [-0.25, -0.2) is 0 Å². The molecule has 3 heterocycles. The maximum Gasteiger partial charge on any atom is 0.260 e. The van der Waals surface area contributed by atoms with Gasteiger partial charge in [0.1, 0.15) is 11.5 Å². The van der Waals surface area contributed by atoms with Gasteiger partial charge in [-0.3, -0.25) is 9.69 Å². The quantitative estimate of drug-likeness (QED) is 0.577. The number of aldehydes is 1. The van der Waals surface area contributed by atoms with Crippen LogP contribution in [0.5, 0.6) is 11.5 Å². The summed E-state index contributed by atoms with van der Waals surface area (Å²) in [5.41, 5.74) is 1.99. The smallest absolute Gasteiger partial charge is 0.260 e. The van der Waals surface area contributed by atoms with Gasteiger partial charge in [-0.15, -0.1) is 5.10 Å². The summed E-state index contributed by atoms with van der Waals surface area (Å²) in [5, 5.41) is 17.9. The third kappa shape index (κ3) is 5.42. The Hall–Kier alpha value is -3.14. The first-order valence-electron chi connectivity index (χ1n) is 12.2. The van der Waals surface area contributed by atoms with Gasteiger partial charge in [0.2, 0.25) is 5.90 Å². The molecule has 2 aromatic carbocycles. The van der Waals surface area contributed by atoms with Crippen LogP contribution in [0.2, 0.25) is 0 Å². The summed E-state index contributed by atoms with van der Waals surface area (Å²) >= 11 is 0. The van der Waals surface area contributed by atoms with Crippen LogP contribution in [0.25, 0.3) is 0 Å². The number of hydrogen-bond donors (Lipinski definition) is 1. The van der Waals surface area contributed by atoms with E-state index in [0.717, 1.165) is 75.2 Å². The van der Waals surface area contributed by atoms with Crippen LogP contribution < -0.4 is 9.47 Å². The van der Waals surface area contributed by atoms with E-state index in [4.69, 9.17) is 14.2 Å². The highest BCUT2D eigenvalue weighted by atomic mass is 16.6. The van der Waals surface area contributed by atoms with Crippen LogP contribution >= 0.6 is 0 Å². The van der Waals surface area contributed by atoms with Crippen LogP contribution in [0.1, 0.15) is 36.8 Å². The summed E-state index contributed by atoms with van der Waals surface area (Å²) in [4.78, 5) is 14.1. The minimum Gasteiger partial charge on any atom is -0.497 e. The maximum absolute atomic E-state index is 11.7. The Kier molecular flexibility index (Phi) is 7.17. The molecule has 2 fully saturated rings. The van der Waals surface area contributed by atoms with E-state index < -0.39 is 6.23 Å². The number of aliphatic hydroxyl groups excluding tert-OH is 1. The van der Waals surface area contributed by atoms with Gasteiger partial charge in [0, 0.05) is 31.6 Å². The lowest BCUT2D eigenvalue weighted by Gasteiger charge is -2.44. The third-order valence-electron chi connectivity index (χ3n) is 6.70. The molecule has 1 N–H and O–H groups in total. The molecule has 9 nitrogen and oxygen atoms in total. The van der Waals surface area contributed by atoms with Crippen molar-refractivity contribution in [3.05, 3.63) is 59.7 Å². The van der Waals surface area contributed by atoms with Crippen LogP contribution in [-0.4, -0.2) is 77.6 Å². The number of benzene rings is 2. The molecule has 0 aromatic heterocycles. The van der Waals surface area contributed by atoms with Crippen molar-refractivity contribution in [2.75, 3.05) is 26.7 Å². The van der Waals surface area contributed by atoms with Crippen molar-refractivity contribution < 1.29 is 24.1 Å². The number of carbonyl (C=O) groups is 1. The van der Waals surface area contributed by atoms with Gasteiger partial charge in [-0.1, -0.05) is 12.1 Å². The second-order valence-electron chi connectivity index (χ2n) is 9.13. The molecule has 3 atom stereocenters. The van der Waals surface area contributed by atoms with E-state index >= 15 is 0 Å². The van der Waals surface area contributed by atoms with E-state index in [2.05, 4.69) is 22.1 Å². The molecule has 5 rings (SSSR count). The molecule has 3 aliphatic heterocycles. The minimum absolute atomic E-state index is 0.169. The molecule has 186 valence electrons. The first kappa shape index (κ1) is 23.6. The fourth-order valence-electron chi connectivity index (χ4n) is 4.57. The minimum atomic E-state index is -0.826. The highest BCUT2D eigenvalue weighted by molar-refractivity contribution is 5.95. The lowest BCUT2D eigenvalue weighted by atomic mass is 10.2. The van der Waals surface area contributed by atoms with Crippen LogP contribution in [0, 0.1) is 0 Å². The van der Waals surface area contributed by atoms with Crippen LogP contribution in [0.3, 0.4) is 0 Å². The maximum atomic E-state index is 11.7. The van der Waals surface area contributed by atoms with Gasteiger partial charge < -0.3 is 19.3 Å². The fourth-order valence-corrected chi connectivity index (χ4v) is 4.57. The summed E-state index contributed by atoms with van der Waals surface area (Å²) in [5.74, 6) is 1.90. The summed E-state index contributed by atoms with van der Waals surface area (Å²) in [7, 11) is 1.61. The first-order chi connectivity index (χ1) is 17.1. The SMILES string of the molecule is COc1ccc(C2=NN(N3CCC3Oc3ccc(CN4CCCC(O)CC4)cc3)C(C=O)O2)cc1. The molecule has 9 heteroatoms. The van der Waals surface area contributed by atoms with Gasteiger partial charge in [0.05, 0.1) is 13.2 Å².